The van der Waals surface area contributed by atoms with Crippen LogP contribution in [0, 0.1) is 0 Å². The van der Waals surface area contributed by atoms with E-state index in [4.69, 9.17) is 22.7 Å². The fraction of sp³-hybridized carbons (Fsp3) is 0.462. The zero-order chi connectivity index (χ0) is 12.7. The number of hydrogen-bond acceptors (Lipinski definition) is 2. The Morgan fingerprint density at radius 2 is 2.12 bits per heavy atom. The molecule has 0 heterocycles. The van der Waals surface area contributed by atoms with E-state index in [1.807, 2.05) is 18.2 Å². The summed E-state index contributed by atoms with van der Waals surface area (Å²) in [7, 11) is 0. The van der Waals surface area contributed by atoms with Crippen molar-refractivity contribution in [1.82, 2.24) is 0 Å². The third-order valence-corrected chi connectivity index (χ3v) is 3.18. The predicted octanol–water partition coefficient (Wildman–Crippen LogP) is 4.04. The van der Waals surface area contributed by atoms with Crippen molar-refractivity contribution in [2.75, 3.05) is 6.61 Å². The minimum Gasteiger partial charge on any atom is -0.493 e. The Labute approximate surface area is 117 Å². The molecule has 0 bridgehead atoms. The number of hydrogen-bond donors (Lipinski definition) is 1. The maximum atomic E-state index is 5.71. The van der Waals surface area contributed by atoms with E-state index < -0.39 is 0 Å². The second-order valence-corrected chi connectivity index (χ2v) is 5.27. The molecule has 4 heteroatoms. The molecule has 0 aliphatic rings. The lowest BCUT2D eigenvalue weighted by Crippen LogP contribution is -2.12. The summed E-state index contributed by atoms with van der Waals surface area (Å²) < 4.78 is 6.67. The summed E-state index contributed by atoms with van der Waals surface area (Å²) in [6.07, 6.45) is 4.76. The number of rotatable bonds is 7. The molecule has 17 heavy (non-hydrogen) atoms. The van der Waals surface area contributed by atoms with Crippen molar-refractivity contribution in [2.24, 2.45) is 5.73 Å². The lowest BCUT2D eigenvalue weighted by atomic mass is 10.2. The zero-order valence-corrected chi connectivity index (χ0v) is 12.4. The summed E-state index contributed by atoms with van der Waals surface area (Å²) in [4.78, 5) is 0.370. The molecule has 0 spiro atoms. The minimum absolute atomic E-state index is 0.370. The molecule has 94 valence electrons. The molecule has 0 saturated carbocycles. The molecule has 1 aromatic rings. The SMILES string of the molecule is CCCCCCOc1ccc(Br)cc1C(N)=S. The first kappa shape index (κ1) is 14.5. The molecule has 1 aromatic carbocycles. The van der Waals surface area contributed by atoms with Gasteiger partial charge in [0.25, 0.3) is 0 Å². The topological polar surface area (TPSA) is 35.2 Å². The smallest absolute Gasteiger partial charge is 0.129 e. The molecule has 0 aliphatic carbocycles. The van der Waals surface area contributed by atoms with Gasteiger partial charge in [-0.05, 0) is 24.6 Å². The van der Waals surface area contributed by atoms with Gasteiger partial charge < -0.3 is 10.5 Å². The molecule has 0 unspecified atom stereocenters. The van der Waals surface area contributed by atoms with Crippen LogP contribution in [0.2, 0.25) is 0 Å². The van der Waals surface area contributed by atoms with Gasteiger partial charge in [0.15, 0.2) is 0 Å². The summed E-state index contributed by atoms with van der Waals surface area (Å²) in [5.74, 6) is 0.775. The van der Waals surface area contributed by atoms with Crippen molar-refractivity contribution in [2.45, 2.75) is 32.6 Å². The average molecular weight is 316 g/mol. The molecule has 0 atom stereocenters. The van der Waals surface area contributed by atoms with Crippen LogP contribution in [0.3, 0.4) is 0 Å². The van der Waals surface area contributed by atoms with Gasteiger partial charge in [-0.2, -0.15) is 0 Å². The van der Waals surface area contributed by atoms with Crippen LogP contribution >= 0.6 is 28.1 Å². The standard InChI is InChI=1S/C13H18BrNOS/c1-2-3-4-5-8-16-12-7-6-10(14)9-11(12)13(15)17/h6-7,9H,2-5,8H2,1H3,(H2,15,17). The van der Waals surface area contributed by atoms with Crippen molar-refractivity contribution >= 4 is 33.1 Å². The Balaban J connectivity index is 2.55. The Morgan fingerprint density at radius 1 is 1.35 bits per heavy atom. The van der Waals surface area contributed by atoms with E-state index in [0.717, 1.165) is 28.8 Å². The van der Waals surface area contributed by atoms with Crippen molar-refractivity contribution in [3.05, 3.63) is 28.2 Å². The second-order valence-electron chi connectivity index (χ2n) is 3.91. The van der Waals surface area contributed by atoms with Crippen molar-refractivity contribution in [3.63, 3.8) is 0 Å². The number of thiocarbonyl (C=S) groups is 1. The lowest BCUT2D eigenvalue weighted by molar-refractivity contribution is 0.304. The predicted molar refractivity (Wildman–Crippen MR) is 79.7 cm³/mol. The van der Waals surface area contributed by atoms with E-state index in [1.165, 1.54) is 19.3 Å². The Hall–Kier alpha value is -0.610. The average Bonchev–Trinajstić information content (AvgIpc) is 2.30. The molecule has 0 fully saturated rings. The summed E-state index contributed by atoms with van der Waals surface area (Å²) in [5, 5.41) is 0. The van der Waals surface area contributed by atoms with Crippen LogP contribution in [0.1, 0.15) is 38.2 Å². The molecule has 1 rings (SSSR count). The molecule has 0 saturated heterocycles. The normalized spacial score (nSPS) is 10.2. The third kappa shape index (κ3) is 5.04. The van der Waals surface area contributed by atoms with Gasteiger partial charge >= 0.3 is 0 Å². The second kappa shape index (κ2) is 7.67. The molecule has 0 amide bonds. The maximum Gasteiger partial charge on any atom is 0.129 e. The van der Waals surface area contributed by atoms with E-state index in [-0.39, 0.29) is 0 Å². The first-order chi connectivity index (χ1) is 8.15. The first-order valence-electron chi connectivity index (χ1n) is 5.87. The highest BCUT2D eigenvalue weighted by molar-refractivity contribution is 9.10. The van der Waals surface area contributed by atoms with Crippen molar-refractivity contribution < 1.29 is 4.74 Å². The van der Waals surface area contributed by atoms with Gasteiger partial charge in [-0.1, -0.05) is 54.3 Å². The van der Waals surface area contributed by atoms with Gasteiger partial charge in [0.1, 0.15) is 10.7 Å². The molecule has 0 aliphatic heterocycles. The monoisotopic (exact) mass is 315 g/mol. The van der Waals surface area contributed by atoms with E-state index in [1.54, 1.807) is 0 Å². The fourth-order valence-corrected chi connectivity index (χ4v) is 2.05. The van der Waals surface area contributed by atoms with E-state index >= 15 is 0 Å². The molecule has 2 nitrogen and oxygen atoms in total. The van der Waals surface area contributed by atoms with Crippen molar-refractivity contribution in [3.8, 4) is 5.75 Å². The van der Waals surface area contributed by atoms with Gasteiger partial charge in [0.2, 0.25) is 0 Å². The van der Waals surface area contributed by atoms with Crippen LogP contribution < -0.4 is 10.5 Å². The van der Waals surface area contributed by atoms with Gasteiger partial charge in [-0.25, -0.2) is 0 Å². The number of nitrogens with two attached hydrogens (primary N) is 1. The van der Waals surface area contributed by atoms with Gasteiger partial charge in [-0.15, -0.1) is 0 Å². The molecule has 2 N–H and O–H groups in total. The number of unbranched alkanes of at least 4 members (excludes halogenated alkanes) is 3. The third-order valence-electron chi connectivity index (χ3n) is 2.46. The summed E-state index contributed by atoms with van der Waals surface area (Å²) in [5.41, 5.74) is 6.46. The number of halogens is 1. The highest BCUT2D eigenvalue weighted by Gasteiger charge is 2.06. The minimum atomic E-state index is 0.370. The van der Waals surface area contributed by atoms with Gasteiger partial charge in [0.05, 0.1) is 12.2 Å². The summed E-state index contributed by atoms with van der Waals surface area (Å²) >= 11 is 8.40. The quantitative estimate of drug-likeness (QED) is 0.609. The van der Waals surface area contributed by atoms with Crippen LogP contribution in [0.4, 0.5) is 0 Å². The number of benzene rings is 1. The lowest BCUT2D eigenvalue weighted by Gasteiger charge is -2.10. The van der Waals surface area contributed by atoms with Crippen LogP contribution in [0.25, 0.3) is 0 Å². The first-order valence-corrected chi connectivity index (χ1v) is 7.07. The molecular weight excluding hydrogens is 298 g/mol. The highest BCUT2D eigenvalue weighted by Crippen LogP contribution is 2.23. The largest absolute Gasteiger partial charge is 0.493 e. The molecule has 0 radical (unpaired) electrons. The Morgan fingerprint density at radius 3 is 2.76 bits per heavy atom. The van der Waals surface area contributed by atoms with Gasteiger partial charge in [0, 0.05) is 4.47 Å². The zero-order valence-electron chi connectivity index (χ0n) is 10.0. The number of ether oxygens (including phenoxy) is 1. The maximum absolute atomic E-state index is 5.71. The summed E-state index contributed by atoms with van der Waals surface area (Å²) in [6, 6.07) is 5.73. The van der Waals surface area contributed by atoms with Crippen LogP contribution in [-0.2, 0) is 0 Å². The van der Waals surface area contributed by atoms with Gasteiger partial charge in [-0.3, -0.25) is 0 Å². The van der Waals surface area contributed by atoms with E-state index in [0.29, 0.717) is 4.99 Å². The summed E-state index contributed by atoms with van der Waals surface area (Å²) in [6.45, 7) is 2.91. The van der Waals surface area contributed by atoms with Crippen LogP contribution in [-0.4, -0.2) is 11.6 Å². The van der Waals surface area contributed by atoms with Crippen molar-refractivity contribution in [1.29, 1.82) is 0 Å². The Bertz CT molecular complexity index is 382. The van der Waals surface area contributed by atoms with Crippen LogP contribution in [0.15, 0.2) is 22.7 Å². The highest BCUT2D eigenvalue weighted by atomic mass is 79.9. The fourth-order valence-electron chi connectivity index (χ4n) is 1.53. The van der Waals surface area contributed by atoms with E-state index in [2.05, 4.69) is 22.9 Å². The molecule has 0 aromatic heterocycles. The van der Waals surface area contributed by atoms with Crippen LogP contribution in [0.5, 0.6) is 5.75 Å². The Kier molecular flexibility index (Phi) is 6.52. The molecular formula is C13H18BrNOS. The van der Waals surface area contributed by atoms with E-state index in [9.17, 15) is 0 Å².